The lowest BCUT2D eigenvalue weighted by Crippen LogP contribution is -2.38. The number of Topliss-reactive ketones (excluding diaryl/α,β-unsaturated/α-hetero) is 1. The van der Waals surface area contributed by atoms with Gasteiger partial charge in [0.2, 0.25) is 5.91 Å². The van der Waals surface area contributed by atoms with E-state index in [4.69, 9.17) is 0 Å². The van der Waals surface area contributed by atoms with Crippen LogP contribution in [0.1, 0.15) is 28.8 Å². The Morgan fingerprint density at radius 2 is 1.81 bits per heavy atom. The molecule has 26 heavy (non-hydrogen) atoms. The Balaban J connectivity index is 2.13. The summed E-state index contributed by atoms with van der Waals surface area (Å²) in [6.45, 7) is 8.08. The van der Waals surface area contributed by atoms with Gasteiger partial charge < -0.3 is 9.64 Å². The Labute approximate surface area is 153 Å². The standard InChI is InChI=1S/C21H23NO4/c1-4-12-22(13-5-2)20(24)18-11-10-17(19(18)23)14-15-6-8-16(9-7-15)21(25)26-3/h4-9,14,18H,1-2,10-13H2,3H3/b17-14+. The minimum atomic E-state index is -0.643. The molecule has 2 rings (SSSR count). The molecular weight excluding hydrogens is 330 g/mol. The van der Waals surface area contributed by atoms with Crippen molar-refractivity contribution in [3.63, 3.8) is 0 Å². The third-order valence-corrected chi connectivity index (χ3v) is 4.32. The number of amides is 1. The number of carbonyl (C=O) groups is 3. The summed E-state index contributed by atoms with van der Waals surface area (Å²) in [5, 5.41) is 0. The number of rotatable bonds is 7. The molecule has 5 heteroatoms. The van der Waals surface area contributed by atoms with Crippen LogP contribution < -0.4 is 0 Å². The molecule has 0 aromatic heterocycles. The molecule has 0 saturated heterocycles. The molecule has 1 aliphatic carbocycles. The molecule has 136 valence electrons. The number of benzene rings is 1. The number of carbonyl (C=O) groups excluding carboxylic acids is 3. The number of methoxy groups -OCH3 is 1. The molecule has 1 aromatic carbocycles. The van der Waals surface area contributed by atoms with Crippen LogP contribution >= 0.6 is 0 Å². The van der Waals surface area contributed by atoms with Crippen LogP contribution in [-0.4, -0.2) is 42.8 Å². The maximum atomic E-state index is 12.6. The molecule has 0 heterocycles. The zero-order valence-electron chi connectivity index (χ0n) is 14.9. The molecule has 1 saturated carbocycles. The van der Waals surface area contributed by atoms with E-state index < -0.39 is 11.9 Å². The lowest BCUT2D eigenvalue weighted by atomic mass is 10.0. The summed E-state index contributed by atoms with van der Waals surface area (Å²) >= 11 is 0. The van der Waals surface area contributed by atoms with Crippen molar-refractivity contribution < 1.29 is 19.1 Å². The smallest absolute Gasteiger partial charge is 0.337 e. The second kappa shape index (κ2) is 8.94. The van der Waals surface area contributed by atoms with Crippen LogP contribution in [0.5, 0.6) is 0 Å². The lowest BCUT2D eigenvalue weighted by molar-refractivity contribution is -0.138. The molecule has 1 fully saturated rings. The molecule has 1 amide bonds. The van der Waals surface area contributed by atoms with Crippen LogP contribution in [0.25, 0.3) is 6.08 Å². The van der Waals surface area contributed by atoms with Gasteiger partial charge >= 0.3 is 5.97 Å². The van der Waals surface area contributed by atoms with Gasteiger partial charge in [0.1, 0.15) is 5.92 Å². The molecule has 1 aliphatic rings. The quantitative estimate of drug-likeness (QED) is 0.327. The number of hydrogen-bond donors (Lipinski definition) is 0. The van der Waals surface area contributed by atoms with Gasteiger partial charge in [0.15, 0.2) is 5.78 Å². The van der Waals surface area contributed by atoms with Gasteiger partial charge in [-0.3, -0.25) is 9.59 Å². The Kier molecular flexibility index (Phi) is 6.67. The molecule has 0 spiro atoms. The number of ketones is 1. The fraction of sp³-hybridized carbons (Fsp3) is 0.286. The first-order valence-electron chi connectivity index (χ1n) is 8.45. The highest BCUT2D eigenvalue weighted by Crippen LogP contribution is 2.30. The summed E-state index contributed by atoms with van der Waals surface area (Å²) in [5.41, 5.74) is 1.89. The van der Waals surface area contributed by atoms with Crippen molar-refractivity contribution in [2.24, 2.45) is 5.92 Å². The lowest BCUT2D eigenvalue weighted by Gasteiger charge is -2.22. The monoisotopic (exact) mass is 353 g/mol. The number of ether oxygens (including phenoxy) is 1. The highest BCUT2D eigenvalue weighted by molar-refractivity contribution is 6.13. The van der Waals surface area contributed by atoms with Gasteiger partial charge in [0.25, 0.3) is 0 Å². The summed E-state index contributed by atoms with van der Waals surface area (Å²) in [7, 11) is 1.33. The average molecular weight is 353 g/mol. The zero-order valence-corrected chi connectivity index (χ0v) is 14.9. The largest absolute Gasteiger partial charge is 0.465 e. The van der Waals surface area contributed by atoms with E-state index in [2.05, 4.69) is 17.9 Å². The summed E-state index contributed by atoms with van der Waals surface area (Å²) in [6, 6.07) is 6.80. The highest BCUT2D eigenvalue weighted by atomic mass is 16.5. The van der Waals surface area contributed by atoms with Crippen molar-refractivity contribution in [2.75, 3.05) is 20.2 Å². The third kappa shape index (κ3) is 4.36. The summed E-state index contributed by atoms with van der Waals surface area (Å²) in [5.74, 6) is -1.36. The van der Waals surface area contributed by atoms with Crippen molar-refractivity contribution >= 4 is 23.7 Å². The second-order valence-corrected chi connectivity index (χ2v) is 6.06. The molecule has 1 atom stereocenters. The van der Waals surface area contributed by atoms with E-state index >= 15 is 0 Å². The van der Waals surface area contributed by atoms with Crippen molar-refractivity contribution in [3.8, 4) is 0 Å². The third-order valence-electron chi connectivity index (χ3n) is 4.32. The summed E-state index contributed by atoms with van der Waals surface area (Å²) < 4.78 is 4.66. The predicted molar refractivity (Wildman–Crippen MR) is 100 cm³/mol. The SMILES string of the molecule is C=CCN(CC=C)C(=O)C1CC/C(=C\c2ccc(C(=O)OC)cc2)C1=O. The molecule has 1 aromatic rings. The average Bonchev–Trinajstić information content (AvgIpc) is 3.01. The number of nitrogens with zero attached hydrogens (tertiary/aromatic N) is 1. The first-order valence-corrected chi connectivity index (χ1v) is 8.45. The van der Waals surface area contributed by atoms with Crippen LogP contribution in [0, 0.1) is 5.92 Å². The second-order valence-electron chi connectivity index (χ2n) is 6.06. The van der Waals surface area contributed by atoms with Gasteiger partial charge in [-0.15, -0.1) is 13.2 Å². The van der Waals surface area contributed by atoms with Gasteiger partial charge in [0.05, 0.1) is 12.7 Å². The fourth-order valence-corrected chi connectivity index (χ4v) is 2.98. The number of hydrogen-bond acceptors (Lipinski definition) is 4. The Bertz CT molecular complexity index is 736. The minimum Gasteiger partial charge on any atom is -0.465 e. The Morgan fingerprint density at radius 1 is 1.19 bits per heavy atom. The van der Waals surface area contributed by atoms with Crippen molar-refractivity contribution in [1.82, 2.24) is 4.90 Å². The van der Waals surface area contributed by atoms with Gasteiger partial charge in [0, 0.05) is 13.1 Å². The predicted octanol–water partition coefficient (Wildman–Crippen LogP) is 3.04. The van der Waals surface area contributed by atoms with E-state index in [1.807, 2.05) is 0 Å². The molecular formula is C21H23NO4. The first kappa shape index (κ1) is 19.4. The first-order chi connectivity index (χ1) is 12.5. The molecule has 5 nitrogen and oxygen atoms in total. The van der Waals surface area contributed by atoms with Gasteiger partial charge in [-0.25, -0.2) is 4.79 Å². The maximum absolute atomic E-state index is 12.6. The van der Waals surface area contributed by atoms with Gasteiger partial charge in [-0.05, 0) is 42.2 Å². The number of allylic oxidation sites excluding steroid dienone is 1. The summed E-state index contributed by atoms with van der Waals surface area (Å²) in [6.07, 6.45) is 6.13. The maximum Gasteiger partial charge on any atom is 0.337 e. The van der Waals surface area contributed by atoms with E-state index in [1.54, 1.807) is 47.4 Å². The minimum absolute atomic E-state index is 0.134. The highest BCUT2D eigenvalue weighted by Gasteiger charge is 2.36. The van der Waals surface area contributed by atoms with Crippen LogP contribution in [-0.2, 0) is 14.3 Å². The topological polar surface area (TPSA) is 63.7 Å². The Morgan fingerprint density at radius 3 is 2.35 bits per heavy atom. The van der Waals surface area contributed by atoms with Crippen LogP contribution in [0.3, 0.4) is 0 Å². The Hall–Kier alpha value is -2.95. The fourth-order valence-electron chi connectivity index (χ4n) is 2.98. The van der Waals surface area contributed by atoms with Crippen molar-refractivity contribution in [2.45, 2.75) is 12.8 Å². The zero-order chi connectivity index (χ0) is 19.1. The molecule has 1 unspecified atom stereocenters. The summed E-state index contributed by atoms with van der Waals surface area (Å²) in [4.78, 5) is 38.3. The molecule has 0 aliphatic heterocycles. The van der Waals surface area contributed by atoms with E-state index in [0.29, 0.717) is 37.1 Å². The van der Waals surface area contributed by atoms with E-state index in [1.165, 1.54) is 7.11 Å². The van der Waals surface area contributed by atoms with Gasteiger partial charge in [-0.1, -0.05) is 24.3 Å². The van der Waals surface area contributed by atoms with E-state index in [9.17, 15) is 14.4 Å². The van der Waals surface area contributed by atoms with E-state index in [0.717, 1.165) is 5.56 Å². The van der Waals surface area contributed by atoms with Crippen molar-refractivity contribution in [3.05, 3.63) is 66.3 Å². The van der Waals surface area contributed by atoms with Crippen molar-refractivity contribution in [1.29, 1.82) is 0 Å². The molecule has 0 N–H and O–H groups in total. The van der Waals surface area contributed by atoms with Crippen LogP contribution in [0.4, 0.5) is 0 Å². The van der Waals surface area contributed by atoms with Gasteiger partial charge in [-0.2, -0.15) is 0 Å². The molecule has 0 bridgehead atoms. The van der Waals surface area contributed by atoms with Crippen LogP contribution in [0.15, 0.2) is 55.1 Å². The van der Waals surface area contributed by atoms with E-state index in [-0.39, 0.29) is 11.7 Å². The van der Waals surface area contributed by atoms with Crippen LogP contribution in [0.2, 0.25) is 0 Å². The molecule has 0 radical (unpaired) electrons. The normalized spacial score (nSPS) is 17.8. The number of esters is 1.